The lowest BCUT2D eigenvalue weighted by Crippen LogP contribution is -2.15. The quantitative estimate of drug-likeness (QED) is 0.825. The van der Waals surface area contributed by atoms with Gasteiger partial charge in [0.25, 0.3) is 10.0 Å². The van der Waals surface area contributed by atoms with Crippen LogP contribution in [-0.2, 0) is 19.5 Å². The number of thiophene rings is 1. The normalized spacial score (nSPS) is 10.9. The van der Waals surface area contributed by atoms with Crippen molar-refractivity contribution in [3.8, 4) is 0 Å². The van der Waals surface area contributed by atoms with E-state index in [0.29, 0.717) is 5.56 Å². The lowest BCUT2D eigenvalue weighted by molar-refractivity contribution is 0.0592. The fraction of sp³-hybridized carbons (Fsp3) is 0.143. The van der Waals surface area contributed by atoms with Crippen LogP contribution in [-0.4, -0.2) is 34.6 Å². The topological polar surface area (TPSA) is 98.8 Å². The SMILES string of the molecule is COC(=O)c1ccc(NS(=O)(=O)c2ccsc2C(=O)OC)cc1. The molecule has 1 heterocycles. The van der Waals surface area contributed by atoms with Gasteiger partial charge in [-0.2, -0.15) is 0 Å². The molecule has 0 spiro atoms. The van der Waals surface area contributed by atoms with Gasteiger partial charge in [0, 0.05) is 5.69 Å². The molecule has 2 rings (SSSR count). The van der Waals surface area contributed by atoms with E-state index in [2.05, 4.69) is 14.2 Å². The highest BCUT2D eigenvalue weighted by atomic mass is 32.2. The minimum atomic E-state index is -3.95. The lowest BCUT2D eigenvalue weighted by atomic mass is 10.2. The van der Waals surface area contributed by atoms with Gasteiger partial charge >= 0.3 is 11.9 Å². The van der Waals surface area contributed by atoms with E-state index in [1.54, 1.807) is 0 Å². The lowest BCUT2D eigenvalue weighted by Gasteiger charge is -2.08. The molecule has 122 valence electrons. The zero-order valence-electron chi connectivity index (χ0n) is 12.2. The Balaban J connectivity index is 2.27. The highest BCUT2D eigenvalue weighted by Crippen LogP contribution is 2.25. The minimum Gasteiger partial charge on any atom is -0.465 e. The average Bonchev–Trinajstić information content (AvgIpc) is 3.04. The van der Waals surface area contributed by atoms with Gasteiger partial charge in [-0.05, 0) is 35.7 Å². The van der Waals surface area contributed by atoms with Crippen LogP contribution >= 0.6 is 11.3 Å². The fourth-order valence-electron chi connectivity index (χ4n) is 1.75. The highest BCUT2D eigenvalue weighted by Gasteiger charge is 2.24. The first kappa shape index (κ1) is 17.0. The predicted molar refractivity (Wildman–Crippen MR) is 84.2 cm³/mol. The van der Waals surface area contributed by atoms with Crippen molar-refractivity contribution >= 4 is 39.0 Å². The summed E-state index contributed by atoms with van der Waals surface area (Å²) in [6.07, 6.45) is 0. The van der Waals surface area contributed by atoms with E-state index in [1.165, 1.54) is 49.9 Å². The summed E-state index contributed by atoms with van der Waals surface area (Å²) in [7, 11) is -1.52. The number of esters is 2. The Morgan fingerprint density at radius 3 is 2.17 bits per heavy atom. The summed E-state index contributed by atoms with van der Waals surface area (Å²) in [5.41, 5.74) is 0.542. The molecule has 1 aromatic heterocycles. The van der Waals surface area contributed by atoms with Gasteiger partial charge < -0.3 is 9.47 Å². The van der Waals surface area contributed by atoms with Crippen LogP contribution in [0.1, 0.15) is 20.0 Å². The molecule has 0 unspecified atom stereocenters. The molecule has 0 atom stereocenters. The van der Waals surface area contributed by atoms with E-state index >= 15 is 0 Å². The molecule has 0 saturated heterocycles. The molecule has 0 aliphatic rings. The van der Waals surface area contributed by atoms with Gasteiger partial charge in [0.05, 0.1) is 19.8 Å². The second-order valence-corrected chi connectivity index (χ2v) is 6.85. The number of methoxy groups -OCH3 is 2. The van der Waals surface area contributed by atoms with E-state index in [4.69, 9.17) is 0 Å². The van der Waals surface area contributed by atoms with Crippen LogP contribution in [0.5, 0.6) is 0 Å². The van der Waals surface area contributed by atoms with Crippen LogP contribution < -0.4 is 4.72 Å². The van der Waals surface area contributed by atoms with E-state index < -0.39 is 22.0 Å². The van der Waals surface area contributed by atoms with Gasteiger partial charge in [-0.3, -0.25) is 4.72 Å². The zero-order valence-corrected chi connectivity index (χ0v) is 13.9. The number of carbonyl (C=O) groups is 2. The van der Waals surface area contributed by atoms with Crippen LogP contribution in [0.3, 0.4) is 0 Å². The Morgan fingerprint density at radius 1 is 1.00 bits per heavy atom. The maximum absolute atomic E-state index is 12.4. The molecule has 23 heavy (non-hydrogen) atoms. The summed E-state index contributed by atoms with van der Waals surface area (Å²) in [6, 6.07) is 7.03. The number of nitrogens with one attached hydrogen (secondary N) is 1. The third-order valence-corrected chi connectivity index (χ3v) is 5.29. The van der Waals surface area contributed by atoms with Crippen molar-refractivity contribution < 1.29 is 27.5 Å². The largest absolute Gasteiger partial charge is 0.465 e. The molecule has 0 aliphatic carbocycles. The minimum absolute atomic E-state index is 0.00817. The van der Waals surface area contributed by atoms with Crippen molar-refractivity contribution in [2.75, 3.05) is 18.9 Å². The molecule has 1 aromatic carbocycles. The van der Waals surface area contributed by atoms with Crippen LogP contribution in [0.4, 0.5) is 5.69 Å². The monoisotopic (exact) mass is 355 g/mol. The van der Waals surface area contributed by atoms with Crippen molar-refractivity contribution in [2.24, 2.45) is 0 Å². The van der Waals surface area contributed by atoms with Gasteiger partial charge in [-0.25, -0.2) is 18.0 Å². The molecular weight excluding hydrogens is 342 g/mol. The fourth-order valence-corrected chi connectivity index (χ4v) is 4.15. The molecule has 0 amide bonds. The summed E-state index contributed by atoms with van der Waals surface area (Å²) in [6.45, 7) is 0. The number of benzene rings is 1. The van der Waals surface area contributed by atoms with Crippen molar-refractivity contribution in [1.82, 2.24) is 0 Å². The number of ether oxygens (including phenoxy) is 2. The van der Waals surface area contributed by atoms with E-state index in [-0.39, 0.29) is 15.5 Å². The van der Waals surface area contributed by atoms with Crippen molar-refractivity contribution in [2.45, 2.75) is 4.90 Å². The summed E-state index contributed by atoms with van der Waals surface area (Å²) in [5, 5.41) is 1.49. The zero-order chi connectivity index (χ0) is 17.0. The number of hydrogen-bond donors (Lipinski definition) is 1. The van der Waals surface area contributed by atoms with E-state index in [0.717, 1.165) is 11.3 Å². The Kier molecular flexibility index (Phi) is 5.02. The van der Waals surface area contributed by atoms with E-state index in [9.17, 15) is 18.0 Å². The highest BCUT2D eigenvalue weighted by molar-refractivity contribution is 7.93. The third kappa shape index (κ3) is 3.69. The summed E-state index contributed by atoms with van der Waals surface area (Å²) in [5.74, 6) is -1.24. The number of sulfonamides is 1. The van der Waals surface area contributed by atoms with Crippen LogP contribution in [0.2, 0.25) is 0 Å². The first-order valence-corrected chi connectivity index (χ1v) is 8.62. The average molecular weight is 355 g/mol. The molecule has 0 radical (unpaired) electrons. The van der Waals surface area contributed by atoms with Crippen molar-refractivity contribution in [3.63, 3.8) is 0 Å². The molecule has 7 nitrogen and oxygen atoms in total. The third-order valence-electron chi connectivity index (χ3n) is 2.85. The first-order valence-electron chi connectivity index (χ1n) is 6.26. The number of anilines is 1. The molecule has 0 aliphatic heterocycles. The summed E-state index contributed by atoms with van der Waals surface area (Å²) in [4.78, 5) is 22.8. The van der Waals surface area contributed by atoms with E-state index in [1.807, 2.05) is 0 Å². The molecule has 0 fully saturated rings. The molecule has 2 aromatic rings. The smallest absolute Gasteiger partial charge is 0.349 e. The van der Waals surface area contributed by atoms with Crippen molar-refractivity contribution in [3.05, 3.63) is 46.2 Å². The molecule has 1 N–H and O–H groups in total. The number of rotatable bonds is 5. The Hall–Kier alpha value is -2.39. The van der Waals surface area contributed by atoms with Gasteiger partial charge in [0.15, 0.2) is 0 Å². The summed E-state index contributed by atoms with van der Waals surface area (Å²) < 4.78 is 36.2. The summed E-state index contributed by atoms with van der Waals surface area (Å²) >= 11 is 0.974. The standard InChI is InChI=1S/C14H13NO6S2/c1-20-13(16)9-3-5-10(6-4-9)15-23(18,19)11-7-8-22-12(11)14(17)21-2/h3-8,15H,1-2H3. The number of hydrogen-bond acceptors (Lipinski definition) is 7. The molecule has 0 saturated carbocycles. The number of carbonyl (C=O) groups excluding carboxylic acids is 2. The Morgan fingerprint density at radius 2 is 1.61 bits per heavy atom. The maximum Gasteiger partial charge on any atom is 0.349 e. The first-order chi connectivity index (χ1) is 10.9. The van der Waals surface area contributed by atoms with Gasteiger partial charge in [0.2, 0.25) is 0 Å². The van der Waals surface area contributed by atoms with Crippen molar-refractivity contribution in [1.29, 1.82) is 0 Å². The molecular formula is C14H13NO6S2. The molecule has 9 heteroatoms. The van der Waals surface area contributed by atoms with Crippen LogP contribution in [0.15, 0.2) is 40.6 Å². The Bertz CT molecular complexity index is 823. The second-order valence-electron chi connectivity index (χ2n) is 4.28. The van der Waals surface area contributed by atoms with Gasteiger partial charge in [-0.1, -0.05) is 0 Å². The van der Waals surface area contributed by atoms with Crippen LogP contribution in [0, 0.1) is 0 Å². The van der Waals surface area contributed by atoms with Gasteiger partial charge in [0.1, 0.15) is 9.77 Å². The Labute approximate surface area is 136 Å². The molecule has 0 bridgehead atoms. The maximum atomic E-state index is 12.4. The van der Waals surface area contributed by atoms with Gasteiger partial charge in [-0.15, -0.1) is 11.3 Å². The van der Waals surface area contributed by atoms with Crippen LogP contribution in [0.25, 0.3) is 0 Å². The predicted octanol–water partition coefficient (Wildman–Crippen LogP) is 2.12. The second kappa shape index (κ2) is 6.80.